The SMILES string of the molecule is CC(C)Oc1ccc(Br)cc1C(=O)Nc1ccc(S(=O)(=O)N(C)C)cc1. The fraction of sp³-hybridized carbons (Fsp3) is 0.278. The molecule has 1 amide bonds. The summed E-state index contributed by atoms with van der Waals surface area (Å²) in [6.07, 6.45) is -0.0711. The van der Waals surface area contributed by atoms with Gasteiger partial charge < -0.3 is 10.1 Å². The smallest absolute Gasteiger partial charge is 0.259 e. The number of hydrogen-bond acceptors (Lipinski definition) is 4. The van der Waals surface area contributed by atoms with Crippen LogP contribution in [-0.4, -0.2) is 38.8 Å². The maximum atomic E-state index is 12.6. The van der Waals surface area contributed by atoms with Crippen molar-refractivity contribution >= 4 is 37.5 Å². The first-order chi connectivity index (χ1) is 12.1. The number of anilines is 1. The van der Waals surface area contributed by atoms with Crippen LogP contribution in [0.2, 0.25) is 0 Å². The molecule has 0 aliphatic carbocycles. The van der Waals surface area contributed by atoms with Crippen LogP contribution in [0.5, 0.6) is 5.75 Å². The number of nitrogens with zero attached hydrogens (tertiary/aromatic N) is 1. The summed E-state index contributed by atoms with van der Waals surface area (Å²) in [5, 5.41) is 2.76. The summed E-state index contributed by atoms with van der Waals surface area (Å²) in [6.45, 7) is 3.77. The molecule has 2 rings (SSSR count). The van der Waals surface area contributed by atoms with E-state index < -0.39 is 10.0 Å². The molecule has 0 aliphatic heterocycles. The van der Waals surface area contributed by atoms with E-state index in [4.69, 9.17) is 4.74 Å². The third-order valence-corrected chi connectivity index (χ3v) is 5.76. The summed E-state index contributed by atoms with van der Waals surface area (Å²) in [6, 6.07) is 11.2. The number of amides is 1. The Bertz CT molecular complexity index is 894. The van der Waals surface area contributed by atoms with Crippen LogP contribution in [0.4, 0.5) is 5.69 Å². The molecule has 0 bridgehead atoms. The monoisotopic (exact) mass is 440 g/mol. The highest BCUT2D eigenvalue weighted by atomic mass is 79.9. The molecule has 0 aromatic heterocycles. The Morgan fingerprint density at radius 1 is 1.12 bits per heavy atom. The molecule has 8 heteroatoms. The lowest BCUT2D eigenvalue weighted by Gasteiger charge is -2.15. The molecule has 0 atom stereocenters. The number of halogens is 1. The first-order valence-corrected chi connectivity index (χ1v) is 10.1. The van der Waals surface area contributed by atoms with Crippen molar-refractivity contribution in [1.82, 2.24) is 4.31 Å². The van der Waals surface area contributed by atoms with Gasteiger partial charge in [-0.3, -0.25) is 4.79 Å². The number of carbonyl (C=O) groups is 1. The van der Waals surface area contributed by atoms with Gasteiger partial charge in [-0.05, 0) is 56.3 Å². The zero-order valence-corrected chi connectivity index (χ0v) is 17.4. The maximum absolute atomic E-state index is 12.6. The molecule has 0 spiro atoms. The summed E-state index contributed by atoms with van der Waals surface area (Å²) in [4.78, 5) is 12.8. The van der Waals surface area contributed by atoms with Crippen LogP contribution in [0.3, 0.4) is 0 Å². The molecule has 0 unspecified atom stereocenters. The van der Waals surface area contributed by atoms with Gasteiger partial charge in [0.25, 0.3) is 5.91 Å². The quantitative estimate of drug-likeness (QED) is 0.741. The van der Waals surface area contributed by atoms with E-state index in [1.54, 1.807) is 30.3 Å². The molecule has 26 heavy (non-hydrogen) atoms. The summed E-state index contributed by atoms with van der Waals surface area (Å²) >= 11 is 3.35. The molecule has 0 heterocycles. The number of rotatable bonds is 6. The van der Waals surface area contributed by atoms with Gasteiger partial charge in [0.1, 0.15) is 5.75 Å². The highest BCUT2D eigenvalue weighted by Crippen LogP contribution is 2.26. The van der Waals surface area contributed by atoms with Crippen molar-refractivity contribution < 1.29 is 17.9 Å². The summed E-state index contributed by atoms with van der Waals surface area (Å²) < 4.78 is 31.8. The van der Waals surface area contributed by atoms with Crippen LogP contribution < -0.4 is 10.1 Å². The summed E-state index contributed by atoms with van der Waals surface area (Å²) in [7, 11) is -0.572. The molecular weight excluding hydrogens is 420 g/mol. The molecular formula is C18H21BrN2O4S. The number of nitrogens with one attached hydrogen (secondary N) is 1. The van der Waals surface area contributed by atoms with Crippen molar-refractivity contribution in [2.75, 3.05) is 19.4 Å². The number of benzene rings is 2. The van der Waals surface area contributed by atoms with Gasteiger partial charge >= 0.3 is 0 Å². The van der Waals surface area contributed by atoms with Crippen LogP contribution in [0.25, 0.3) is 0 Å². The van der Waals surface area contributed by atoms with Gasteiger partial charge in [0.2, 0.25) is 10.0 Å². The van der Waals surface area contributed by atoms with E-state index in [0.29, 0.717) is 17.0 Å². The molecule has 2 aromatic rings. The molecule has 0 saturated heterocycles. The zero-order chi connectivity index (χ0) is 19.5. The lowest BCUT2D eigenvalue weighted by Crippen LogP contribution is -2.22. The predicted octanol–water partition coefficient (Wildman–Crippen LogP) is 3.74. The van der Waals surface area contributed by atoms with Gasteiger partial charge in [-0.1, -0.05) is 15.9 Å². The van der Waals surface area contributed by atoms with Crippen molar-refractivity contribution in [3.8, 4) is 5.75 Å². The van der Waals surface area contributed by atoms with E-state index in [9.17, 15) is 13.2 Å². The van der Waals surface area contributed by atoms with Gasteiger partial charge in [-0.15, -0.1) is 0 Å². The normalized spacial score (nSPS) is 11.7. The Hall–Kier alpha value is -1.90. The van der Waals surface area contributed by atoms with Gasteiger partial charge in [0.05, 0.1) is 16.6 Å². The highest BCUT2D eigenvalue weighted by Gasteiger charge is 2.18. The van der Waals surface area contributed by atoms with Crippen LogP contribution in [0, 0.1) is 0 Å². The van der Waals surface area contributed by atoms with E-state index >= 15 is 0 Å². The topological polar surface area (TPSA) is 75.7 Å². The van der Waals surface area contributed by atoms with E-state index in [1.165, 1.54) is 26.2 Å². The molecule has 6 nitrogen and oxygen atoms in total. The molecule has 0 aliphatic rings. The lowest BCUT2D eigenvalue weighted by atomic mass is 10.1. The average molecular weight is 441 g/mol. The Morgan fingerprint density at radius 3 is 2.27 bits per heavy atom. The Morgan fingerprint density at radius 2 is 1.73 bits per heavy atom. The first kappa shape index (κ1) is 20.4. The van der Waals surface area contributed by atoms with E-state index in [2.05, 4.69) is 21.2 Å². The standard InChI is InChI=1S/C18H21BrN2O4S/c1-12(2)25-17-10-5-13(19)11-16(17)18(22)20-14-6-8-15(9-7-14)26(23,24)21(3)4/h5-12H,1-4H3,(H,20,22). The molecule has 0 fully saturated rings. The average Bonchev–Trinajstić information content (AvgIpc) is 2.56. The van der Waals surface area contributed by atoms with Crippen molar-refractivity contribution in [3.63, 3.8) is 0 Å². The Kier molecular flexibility index (Phi) is 6.44. The molecule has 1 N–H and O–H groups in total. The van der Waals surface area contributed by atoms with Gasteiger partial charge in [-0.2, -0.15) is 0 Å². The second kappa shape index (κ2) is 8.20. The number of carbonyl (C=O) groups excluding carboxylic acids is 1. The lowest BCUT2D eigenvalue weighted by molar-refractivity contribution is 0.102. The van der Waals surface area contributed by atoms with E-state index in [0.717, 1.165) is 8.78 Å². The van der Waals surface area contributed by atoms with Gasteiger partial charge in [0.15, 0.2) is 0 Å². The van der Waals surface area contributed by atoms with Crippen LogP contribution in [0.15, 0.2) is 51.8 Å². The predicted molar refractivity (Wildman–Crippen MR) is 105 cm³/mol. The van der Waals surface area contributed by atoms with Crippen molar-refractivity contribution in [3.05, 3.63) is 52.5 Å². The third kappa shape index (κ3) is 4.84. The zero-order valence-electron chi connectivity index (χ0n) is 15.0. The number of sulfonamides is 1. The minimum absolute atomic E-state index is 0.0711. The maximum Gasteiger partial charge on any atom is 0.259 e. The second-order valence-corrected chi connectivity index (χ2v) is 9.14. The van der Waals surface area contributed by atoms with Crippen LogP contribution in [-0.2, 0) is 10.0 Å². The first-order valence-electron chi connectivity index (χ1n) is 7.91. The highest BCUT2D eigenvalue weighted by molar-refractivity contribution is 9.10. The largest absolute Gasteiger partial charge is 0.490 e. The van der Waals surface area contributed by atoms with Gasteiger partial charge in [0, 0.05) is 24.3 Å². The number of ether oxygens (including phenoxy) is 1. The van der Waals surface area contributed by atoms with Crippen LogP contribution >= 0.6 is 15.9 Å². The minimum Gasteiger partial charge on any atom is -0.490 e. The van der Waals surface area contributed by atoms with E-state index in [1.807, 2.05) is 13.8 Å². The third-order valence-electron chi connectivity index (χ3n) is 3.44. The Balaban J connectivity index is 2.24. The Labute approximate surface area is 162 Å². The fourth-order valence-electron chi connectivity index (χ4n) is 2.16. The fourth-order valence-corrected chi connectivity index (χ4v) is 3.42. The molecule has 0 radical (unpaired) electrons. The molecule has 140 valence electrons. The van der Waals surface area contributed by atoms with Crippen molar-refractivity contribution in [2.45, 2.75) is 24.8 Å². The van der Waals surface area contributed by atoms with Gasteiger partial charge in [-0.25, -0.2) is 12.7 Å². The molecule has 2 aromatic carbocycles. The number of hydrogen-bond donors (Lipinski definition) is 1. The van der Waals surface area contributed by atoms with Crippen molar-refractivity contribution in [1.29, 1.82) is 0 Å². The molecule has 0 saturated carbocycles. The van der Waals surface area contributed by atoms with Crippen LogP contribution in [0.1, 0.15) is 24.2 Å². The summed E-state index contributed by atoms with van der Waals surface area (Å²) in [5.74, 6) is 0.137. The van der Waals surface area contributed by atoms with E-state index in [-0.39, 0.29) is 16.9 Å². The second-order valence-electron chi connectivity index (χ2n) is 6.07. The minimum atomic E-state index is -3.51. The summed E-state index contributed by atoms with van der Waals surface area (Å²) in [5.41, 5.74) is 0.876. The van der Waals surface area contributed by atoms with Crippen molar-refractivity contribution in [2.24, 2.45) is 0 Å².